The van der Waals surface area contributed by atoms with Gasteiger partial charge in [-0.05, 0) is 24.3 Å². The molecule has 4 nitrogen and oxygen atoms in total. The van der Waals surface area contributed by atoms with Crippen LogP contribution in [-0.4, -0.2) is 21.6 Å². The number of methoxy groups -OCH3 is 1. The van der Waals surface area contributed by atoms with Gasteiger partial charge in [0.1, 0.15) is 5.52 Å². The Morgan fingerprint density at radius 3 is 2.94 bits per heavy atom. The van der Waals surface area contributed by atoms with E-state index in [1.54, 1.807) is 17.7 Å². The lowest BCUT2D eigenvalue weighted by Crippen LogP contribution is -1.95. The first-order chi connectivity index (χ1) is 8.78. The van der Waals surface area contributed by atoms with Crippen LogP contribution in [0.1, 0.15) is 0 Å². The second-order valence-corrected chi connectivity index (χ2v) is 4.16. The fourth-order valence-corrected chi connectivity index (χ4v) is 1.92. The van der Waals surface area contributed by atoms with Gasteiger partial charge in [-0.25, -0.2) is 4.98 Å². The van der Waals surface area contributed by atoms with Gasteiger partial charge in [-0.15, -0.1) is 0 Å². The molecule has 0 spiro atoms. The van der Waals surface area contributed by atoms with E-state index in [-0.39, 0.29) is 0 Å². The number of imidazole rings is 1. The smallest absolute Gasteiger partial charge is 0.215 e. The largest absolute Gasteiger partial charge is 0.481 e. The van der Waals surface area contributed by atoms with Crippen molar-refractivity contribution in [3.05, 3.63) is 47.7 Å². The van der Waals surface area contributed by atoms with Crippen LogP contribution in [0.5, 0.6) is 5.88 Å². The molecule has 1 aromatic carbocycles. The fraction of sp³-hybridized carbons (Fsp3) is 0.0769. The van der Waals surface area contributed by atoms with Crippen LogP contribution in [-0.2, 0) is 0 Å². The van der Waals surface area contributed by atoms with Crippen molar-refractivity contribution in [2.45, 2.75) is 0 Å². The van der Waals surface area contributed by atoms with Crippen LogP contribution in [0, 0.1) is 6.33 Å². The van der Waals surface area contributed by atoms with Crippen LogP contribution in [0.4, 0.5) is 0 Å². The molecule has 89 valence electrons. The maximum atomic E-state index is 5.98. The summed E-state index contributed by atoms with van der Waals surface area (Å²) in [6.45, 7) is 0. The molecule has 0 aliphatic carbocycles. The Morgan fingerprint density at radius 2 is 2.17 bits per heavy atom. The third kappa shape index (κ3) is 1.80. The van der Waals surface area contributed by atoms with Crippen LogP contribution < -0.4 is 4.74 Å². The van der Waals surface area contributed by atoms with E-state index in [0.29, 0.717) is 16.5 Å². The minimum Gasteiger partial charge on any atom is -0.481 e. The third-order valence-corrected chi connectivity index (χ3v) is 2.82. The van der Waals surface area contributed by atoms with Crippen molar-refractivity contribution >= 4 is 22.8 Å². The van der Waals surface area contributed by atoms with Gasteiger partial charge in [0.05, 0.1) is 12.8 Å². The topological polar surface area (TPSA) is 39.9 Å². The van der Waals surface area contributed by atoms with Crippen LogP contribution in [0.3, 0.4) is 0 Å². The zero-order chi connectivity index (χ0) is 12.5. The number of halogens is 1. The van der Waals surface area contributed by atoms with E-state index < -0.39 is 0 Å². The highest BCUT2D eigenvalue weighted by Crippen LogP contribution is 2.20. The Bertz CT molecular complexity index is 708. The van der Waals surface area contributed by atoms with E-state index in [2.05, 4.69) is 16.3 Å². The van der Waals surface area contributed by atoms with Crippen molar-refractivity contribution < 1.29 is 4.74 Å². The highest BCUT2D eigenvalue weighted by atomic mass is 35.5. The van der Waals surface area contributed by atoms with Crippen LogP contribution in [0.2, 0.25) is 5.02 Å². The zero-order valence-corrected chi connectivity index (χ0v) is 10.3. The minimum absolute atomic E-state index is 0.541. The molecule has 2 aromatic heterocycles. The molecule has 0 N–H and O–H groups in total. The first-order valence-electron chi connectivity index (χ1n) is 5.35. The second-order valence-electron chi connectivity index (χ2n) is 3.72. The summed E-state index contributed by atoms with van der Waals surface area (Å²) in [6.07, 6.45) is 2.90. The maximum absolute atomic E-state index is 5.98. The number of benzene rings is 1. The molecule has 0 bridgehead atoms. The van der Waals surface area contributed by atoms with Crippen molar-refractivity contribution in [3.63, 3.8) is 0 Å². The molecule has 18 heavy (non-hydrogen) atoms. The number of ether oxygens (including phenoxy) is 1. The lowest BCUT2D eigenvalue weighted by Gasteiger charge is -2.04. The number of hydrogen-bond donors (Lipinski definition) is 0. The molecule has 0 unspecified atom stereocenters. The zero-order valence-electron chi connectivity index (χ0n) is 9.59. The molecule has 0 amide bonds. The van der Waals surface area contributed by atoms with E-state index in [0.717, 1.165) is 11.2 Å². The predicted molar refractivity (Wildman–Crippen MR) is 69.3 cm³/mol. The average Bonchev–Trinajstić information content (AvgIpc) is 2.81. The van der Waals surface area contributed by atoms with Crippen molar-refractivity contribution in [3.8, 4) is 11.6 Å². The number of rotatable bonds is 2. The van der Waals surface area contributed by atoms with Gasteiger partial charge >= 0.3 is 0 Å². The fourth-order valence-electron chi connectivity index (χ4n) is 1.74. The second kappa shape index (κ2) is 4.31. The molecule has 3 rings (SSSR count). The van der Waals surface area contributed by atoms with Crippen molar-refractivity contribution in [1.29, 1.82) is 0 Å². The molecule has 1 radical (unpaired) electrons. The minimum atomic E-state index is 0.541. The van der Waals surface area contributed by atoms with E-state index in [9.17, 15) is 0 Å². The summed E-state index contributed by atoms with van der Waals surface area (Å²) in [6, 6.07) is 11.1. The van der Waals surface area contributed by atoms with Gasteiger partial charge in [-0.3, -0.25) is 4.57 Å². The monoisotopic (exact) mass is 258 g/mol. The summed E-state index contributed by atoms with van der Waals surface area (Å²) < 4.78 is 6.87. The molecule has 2 heterocycles. The summed E-state index contributed by atoms with van der Waals surface area (Å²) in [5.74, 6) is 0.541. The molecule has 0 saturated carbocycles. The Labute approximate surface area is 109 Å². The van der Waals surface area contributed by atoms with Crippen molar-refractivity contribution in [2.75, 3.05) is 7.11 Å². The van der Waals surface area contributed by atoms with Crippen LogP contribution in [0.15, 0.2) is 36.4 Å². The molecule has 0 saturated heterocycles. The lowest BCUT2D eigenvalue weighted by atomic mass is 10.3. The third-order valence-electron chi connectivity index (χ3n) is 2.59. The van der Waals surface area contributed by atoms with E-state index >= 15 is 0 Å². The number of fused-ring (bicyclic) bond motifs is 1. The standard InChI is InChI=1S/C13H9ClN3O/c1-18-12-6-5-11-13(16-12)17(8-15-11)10-4-2-3-9(14)7-10/h2-7H,1H3. The maximum Gasteiger partial charge on any atom is 0.215 e. The number of hydrogen-bond acceptors (Lipinski definition) is 3. The van der Waals surface area contributed by atoms with Gasteiger partial charge in [0, 0.05) is 11.1 Å². The van der Waals surface area contributed by atoms with Gasteiger partial charge < -0.3 is 4.74 Å². The van der Waals surface area contributed by atoms with Crippen LogP contribution in [0.25, 0.3) is 16.9 Å². The first kappa shape index (κ1) is 11.0. The summed E-state index contributed by atoms with van der Waals surface area (Å²) in [4.78, 5) is 8.54. The van der Waals surface area contributed by atoms with Crippen LogP contribution >= 0.6 is 11.6 Å². The lowest BCUT2D eigenvalue weighted by molar-refractivity contribution is 0.399. The van der Waals surface area contributed by atoms with E-state index in [1.807, 2.05) is 30.3 Å². The predicted octanol–water partition coefficient (Wildman–Crippen LogP) is 2.88. The summed E-state index contributed by atoms with van der Waals surface area (Å²) >= 11 is 5.98. The summed E-state index contributed by atoms with van der Waals surface area (Å²) in [7, 11) is 1.58. The van der Waals surface area contributed by atoms with Gasteiger partial charge in [-0.1, -0.05) is 17.7 Å². The molecule has 0 atom stereocenters. The highest BCUT2D eigenvalue weighted by molar-refractivity contribution is 6.30. The van der Waals surface area contributed by atoms with E-state index in [4.69, 9.17) is 16.3 Å². The molecule has 0 aliphatic heterocycles. The van der Waals surface area contributed by atoms with Gasteiger partial charge in [-0.2, -0.15) is 4.98 Å². The van der Waals surface area contributed by atoms with Gasteiger partial charge in [0.15, 0.2) is 12.0 Å². The van der Waals surface area contributed by atoms with Gasteiger partial charge in [0.25, 0.3) is 0 Å². The summed E-state index contributed by atoms with van der Waals surface area (Å²) in [5.41, 5.74) is 2.32. The van der Waals surface area contributed by atoms with Gasteiger partial charge in [0.2, 0.25) is 5.88 Å². The molecule has 3 aromatic rings. The van der Waals surface area contributed by atoms with Crippen molar-refractivity contribution in [2.24, 2.45) is 0 Å². The number of nitrogens with zero attached hydrogens (tertiary/aromatic N) is 3. The molecule has 5 heteroatoms. The summed E-state index contributed by atoms with van der Waals surface area (Å²) in [5, 5.41) is 0.658. The Hall–Kier alpha value is -2.07. The van der Waals surface area contributed by atoms with Crippen molar-refractivity contribution in [1.82, 2.24) is 14.5 Å². The quantitative estimate of drug-likeness (QED) is 0.710. The molecular formula is C13H9ClN3O. The Morgan fingerprint density at radius 1 is 1.28 bits per heavy atom. The number of aromatic nitrogens is 3. The average molecular weight is 259 g/mol. The highest BCUT2D eigenvalue weighted by Gasteiger charge is 2.08. The molecule has 0 fully saturated rings. The normalized spacial score (nSPS) is 10.8. The number of pyridine rings is 1. The van der Waals surface area contributed by atoms with E-state index in [1.165, 1.54) is 0 Å². The Kier molecular flexibility index (Phi) is 2.64. The molecular weight excluding hydrogens is 250 g/mol. The first-order valence-corrected chi connectivity index (χ1v) is 5.73. The SMILES string of the molecule is COc1ccc2n[c]n(-c3cccc(Cl)c3)c2n1. The molecule has 0 aliphatic rings. The Balaban J connectivity index is 2.22.